The summed E-state index contributed by atoms with van der Waals surface area (Å²) in [5.41, 5.74) is 4.63. The van der Waals surface area contributed by atoms with E-state index >= 15 is 9.59 Å². The van der Waals surface area contributed by atoms with Gasteiger partial charge in [0.2, 0.25) is 11.8 Å². The Morgan fingerprint density at radius 1 is 0.655 bits per heavy atom. The summed E-state index contributed by atoms with van der Waals surface area (Å²) in [5, 5.41) is 29.0. The van der Waals surface area contributed by atoms with Gasteiger partial charge in [-0.1, -0.05) is 78.9 Å². The summed E-state index contributed by atoms with van der Waals surface area (Å²) in [6, 6.07) is 19.6. The number of halogens is 2. The maximum absolute atomic E-state index is 15.1. The van der Waals surface area contributed by atoms with E-state index in [1.54, 1.807) is 38.1 Å². The molecule has 3 unspecified atom stereocenters. The van der Waals surface area contributed by atoms with Crippen molar-refractivity contribution in [3.05, 3.63) is 128 Å². The van der Waals surface area contributed by atoms with Crippen LogP contribution in [0.4, 0.5) is 0 Å². The maximum atomic E-state index is 15.1. The Kier molecular flexibility index (Phi) is 12.4. The summed E-state index contributed by atoms with van der Waals surface area (Å²) >= 11 is 13.0. The molecule has 0 fully saturated rings. The number of hydrogen-bond acceptors (Lipinski definition) is 6. The highest BCUT2D eigenvalue weighted by Gasteiger charge is 2.43. The molecule has 0 spiro atoms. The number of nitrogens with one attached hydrogen (secondary N) is 2. The van der Waals surface area contributed by atoms with Gasteiger partial charge in [0.05, 0.1) is 32.9 Å². The van der Waals surface area contributed by atoms with Gasteiger partial charge in [0.25, 0.3) is 11.8 Å². The van der Waals surface area contributed by atoms with Crippen molar-refractivity contribution in [2.45, 2.75) is 85.6 Å². The predicted octanol–water partition coefficient (Wildman–Crippen LogP) is 9.62. The van der Waals surface area contributed by atoms with E-state index in [1.807, 2.05) is 58.9 Å². The summed E-state index contributed by atoms with van der Waals surface area (Å²) in [6.07, 6.45) is 2.01. The lowest BCUT2D eigenvalue weighted by Gasteiger charge is -2.29. The Balaban J connectivity index is 1.73. The zero-order valence-corrected chi connectivity index (χ0v) is 35.2. The van der Waals surface area contributed by atoms with Gasteiger partial charge in [0, 0.05) is 45.9 Å². The van der Waals surface area contributed by atoms with Crippen molar-refractivity contribution in [1.29, 1.82) is 0 Å². The molecular weight excluding hydrogens is 775 g/mol. The Labute approximate surface area is 347 Å². The van der Waals surface area contributed by atoms with E-state index in [0.717, 1.165) is 17.5 Å². The third-order valence-corrected chi connectivity index (χ3v) is 11.6. The minimum atomic E-state index is -1.35. The van der Waals surface area contributed by atoms with Crippen LogP contribution in [0.2, 0.25) is 10.0 Å². The zero-order chi connectivity index (χ0) is 42.2. The van der Waals surface area contributed by atoms with Crippen LogP contribution in [0.1, 0.15) is 106 Å². The molecule has 0 saturated heterocycles. The molecule has 0 aliphatic carbocycles. The number of fused-ring (bicyclic) bond motifs is 2. The standard InChI is InChI=1S/C46H48Cl2N4O6/c1-8-10-19-49-43(55)41(39-27(6)51(35-22-33(47)37(53)20-31(35)39)45(57)29-15-11-24(3)12-16-29)42(44(56)50-26(5)9-2)40-28(7)52(36-23-34(48)38(54)21-32(36)40)46(58)30-17-13-25(4)14-18-30/h11-18,20-23,26,41-42,53-54H,8-10,19H2,1-7H3,(H,49,55)(H,50,56). The van der Waals surface area contributed by atoms with Crippen LogP contribution in [0, 0.1) is 27.7 Å². The average molecular weight is 824 g/mol. The van der Waals surface area contributed by atoms with Gasteiger partial charge >= 0.3 is 0 Å². The molecule has 2 aromatic heterocycles. The average Bonchev–Trinajstić information content (AvgIpc) is 3.61. The predicted molar refractivity (Wildman–Crippen MR) is 230 cm³/mol. The first-order valence-electron chi connectivity index (χ1n) is 19.5. The van der Waals surface area contributed by atoms with Crippen LogP contribution in [0.3, 0.4) is 0 Å². The van der Waals surface area contributed by atoms with Crippen LogP contribution in [-0.4, -0.2) is 55.6 Å². The molecule has 0 saturated carbocycles. The number of nitrogens with zero attached hydrogens (tertiary/aromatic N) is 2. The van der Waals surface area contributed by atoms with Crippen LogP contribution >= 0.6 is 23.2 Å². The van der Waals surface area contributed by atoms with Gasteiger partial charge in [-0.05, 0) is 107 Å². The van der Waals surface area contributed by atoms with Gasteiger partial charge < -0.3 is 20.8 Å². The summed E-state index contributed by atoms with van der Waals surface area (Å²) in [5.74, 6) is -5.10. The molecule has 6 rings (SSSR count). The number of amides is 2. The van der Waals surface area contributed by atoms with E-state index in [9.17, 15) is 19.8 Å². The second kappa shape index (κ2) is 17.1. The highest BCUT2D eigenvalue weighted by atomic mass is 35.5. The van der Waals surface area contributed by atoms with E-state index < -0.39 is 35.5 Å². The van der Waals surface area contributed by atoms with Crippen molar-refractivity contribution in [1.82, 2.24) is 19.8 Å². The van der Waals surface area contributed by atoms with Gasteiger partial charge in [-0.15, -0.1) is 0 Å². The van der Waals surface area contributed by atoms with Crippen molar-refractivity contribution in [2.24, 2.45) is 0 Å². The van der Waals surface area contributed by atoms with Gasteiger partial charge in [-0.3, -0.25) is 28.3 Å². The number of aromatic hydroxyl groups is 2. The molecule has 0 radical (unpaired) electrons. The third-order valence-electron chi connectivity index (χ3n) is 11.0. The molecule has 2 amide bonds. The van der Waals surface area contributed by atoms with Crippen LogP contribution < -0.4 is 10.6 Å². The summed E-state index contributed by atoms with van der Waals surface area (Å²) in [7, 11) is 0. The first kappa shape index (κ1) is 42.0. The minimum Gasteiger partial charge on any atom is -0.506 e. The maximum Gasteiger partial charge on any atom is 0.262 e. The molecule has 4 aromatic carbocycles. The molecule has 58 heavy (non-hydrogen) atoms. The van der Waals surface area contributed by atoms with Crippen molar-refractivity contribution >= 4 is 68.6 Å². The number of aromatic nitrogens is 2. The second-order valence-electron chi connectivity index (χ2n) is 15.1. The van der Waals surface area contributed by atoms with Crippen molar-refractivity contribution < 1.29 is 29.4 Å². The number of carbonyl (C=O) groups is 4. The molecule has 0 aliphatic rings. The molecule has 0 aliphatic heterocycles. The Morgan fingerprint density at radius 2 is 1.07 bits per heavy atom. The minimum absolute atomic E-state index is 0.00889. The number of benzene rings is 4. The van der Waals surface area contributed by atoms with E-state index in [0.29, 0.717) is 74.8 Å². The number of aryl methyl sites for hydroxylation is 2. The number of phenols is 2. The fraction of sp³-hybridized carbons (Fsp3) is 0.304. The van der Waals surface area contributed by atoms with Gasteiger partial charge in [-0.25, -0.2) is 0 Å². The normalized spacial score (nSPS) is 13.1. The Hall–Kier alpha value is -5.58. The van der Waals surface area contributed by atoms with E-state index in [4.69, 9.17) is 23.2 Å². The van der Waals surface area contributed by atoms with Crippen molar-refractivity contribution in [3.8, 4) is 11.5 Å². The molecule has 2 heterocycles. The fourth-order valence-electron chi connectivity index (χ4n) is 7.69. The van der Waals surface area contributed by atoms with Crippen molar-refractivity contribution in [3.63, 3.8) is 0 Å². The number of unbranched alkanes of at least 4 members (excludes halogenated alkanes) is 1. The highest BCUT2D eigenvalue weighted by molar-refractivity contribution is 6.33. The van der Waals surface area contributed by atoms with Gasteiger partial charge in [0.1, 0.15) is 11.5 Å². The number of carbonyl (C=O) groups excluding carboxylic acids is 4. The highest BCUT2D eigenvalue weighted by Crippen LogP contribution is 2.47. The molecule has 12 heteroatoms. The number of rotatable bonds is 12. The molecule has 3 atom stereocenters. The number of phenolic OH excluding ortho intramolecular Hbond substituents is 2. The number of hydrogen-bond donors (Lipinski definition) is 4. The van der Waals surface area contributed by atoms with Crippen LogP contribution in [0.15, 0.2) is 72.8 Å². The first-order chi connectivity index (χ1) is 27.6. The van der Waals surface area contributed by atoms with E-state index in [2.05, 4.69) is 10.6 Å². The lowest BCUT2D eigenvalue weighted by atomic mass is 9.77. The smallest absolute Gasteiger partial charge is 0.262 e. The summed E-state index contributed by atoms with van der Waals surface area (Å²) < 4.78 is 2.91. The lowest BCUT2D eigenvalue weighted by molar-refractivity contribution is -0.129. The second-order valence-corrected chi connectivity index (χ2v) is 15.9. The van der Waals surface area contributed by atoms with Crippen LogP contribution in [-0.2, 0) is 9.59 Å². The summed E-state index contributed by atoms with van der Waals surface area (Å²) in [4.78, 5) is 59.2. The quantitative estimate of drug-likeness (QED) is 0.0906. The molecule has 10 nitrogen and oxygen atoms in total. The monoisotopic (exact) mass is 822 g/mol. The van der Waals surface area contributed by atoms with Crippen LogP contribution in [0.25, 0.3) is 21.8 Å². The fourth-order valence-corrected chi connectivity index (χ4v) is 8.00. The van der Waals surface area contributed by atoms with E-state index in [-0.39, 0.29) is 27.6 Å². The van der Waals surface area contributed by atoms with Gasteiger partial charge in [0.15, 0.2) is 0 Å². The van der Waals surface area contributed by atoms with Crippen LogP contribution in [0.5, 0.6) is 11.5 Å². The molecule has 6 aromatic rings. The lowest BCUT2D eigenvalue weighted by Crippen LogP contribution is -2.43. The molecule has 0 bridgehead atoms. The largest absolute Gasteiger partial charge is 0.506 e. The topological polar surface area (TPSA) is 143 Å². The Morgan fingerprint density at radius 3 is 1.47 bits per heavy atom. The first-order valence-corrected chi connectivity index (χ1v) is 20.2. The van der Waals surface area contributed by atoms with Crippen molar-refractivity contribution in [2.75, 3.05) is 6.54 Å². The van der Waals surface area contributed by atoms with Gasteiger partial charge in [-0.2, -0.15) is 0 Å². The Bertz CT molecular complexity index is 2570. The third kappa shape index (κ3) is 7.83. The van der Waals surface area contributed by atoms with E-state index in [1.165, 1.54) is 33.4 Å². The molecule has 4 N–H and O–H groups in total. The SMILES string of the molecule is CCCCNC(=O)C(c1c(C)n(C(=O)c2ccc(C)cc2)c2cc(Cl)c(O)cc12)C(C(=O)NC(C)CC)c1c(C)n(C(=O)c2ccc(C)cc2)c2cc(Cl)c(O)cc12. The zero-order valence-electron chi connectivity index (χ0n) is 33.7. The summed E-state index contributed by atoms with van der Waals surface area (Å²) in [6.45, 7) is 13.3. The molecular formula is C46H48Cl2N4O6. The molecule has 302 valence electrons.